The Hall–Kier alpha value is -1.76. The summed E-state index contributed by atoms with van der Waals surface area (Å²) >= 11 is 0. The first-order valence-electron chi connectivity index (χ1n) is 8.89. The van der Waals surface area contributed by atoms with Gasteiger partial charge in [0.2, 0.25) is 0 Å². The molecule has 130 valence electrons. The predicted molar refractivity (Wildman–Crippen MR) is 105 cm³/mol. The first kappa shape index (κ1) is 18.6. The second-order valence-corrected chi connectivity index (χ2v) is 9.19. The fourth-order valence-electron chi connectivity index (χ4n) is 3.12. The molecule has 0 fully saturated rings. The SMILES string of the molecule is CC(C)c1cc(C(C)(C)C)c(-c2ccc(O)cc2)c(C(C)(C)C)c1. The Kier molecular flexibility index (Phi) is 4.86. The molecule has 0 aliphatic rings. The summed E-state index contributed by atoms with van der Waals surface area (Å²) in [6, 6.07) is 12.4. The maximum atomic E-state index is 9.68. The van der Waals surface area contributed by atoms with Crippen LogP contribution >= 0.6 is 0 Å². The molecule has 2 aromatic carbocycles. The standard InChI is InChI=1S/C23H32O/c1-15(2)17-13-19(22(3,4)5)21(20(14-17)23(6,7)8)16-9-11-18(24)12-10-16/h9-15,24H,1-8H3. The van der Waals surface area contributed by atoms with Gasteiger partial charge in [0.25, 0.3) is 0 Å². The fraction of sp³-hybridized carbons (Fsp3) is 0.478. The molecule has 0 atom stereocenters. The van der Waals surface area contributed by atoms with Gasteiger partial charge in [-0.3, -0.25) is 0 Å². The highest BCUT2D eigenvalue weighted by Gasteiger charge is 2.27. The van der Waals surface area contributed by atoms with E-state index >= 15 is 0 Å². The number of phenolic OH excluding ortho intramolecular Hbond substituents is 1. The maximum absolute atomic E-state index is 9.68. The van der Waals surface area contributed by atoms with Gasteiger partial charge in [0.1, 0.15) is 5.75 Å². The van der Waals surface area contributed by atoms with Gasteiger partial charge in [-0.25, -0.2) is 0 Å². The summed E-state index contributed by atoms with van der Waals surface area (Å²) in [5.74, 6) is 0.813. The molecule has 0 bridgehead atoms. The topological polar surface area (TPSA) is 20.2 Å². The van der Waals surface area contributed by atoms with Crippen molar-refractivity contribution in [2.24, 2.45) is 0 Å². The molecule has 0 saturated heterocycles. The highest BCUT2D eigenvalue weighted by atomic mass is 16.3. The van der Waals surface area contributed by atoms with Crippen molar-refractivity contribution < 1.29 is 5.11 Å². The first-order chi connectivity index (χ1) is 10.9. The average Bonchev–Trinajstić information content (AvgIpc) is 2.44. The van der Waals surface area contributed by atoms with E-state index < -0.39 is 0 Å². The highest BCUT2D eigenvalue weighted by Crippen LogP contribution is 2.42. The smallest absolute Gasteiger partial charge is 0.115 e. The van der Waals surface area contributed by atoms with Crippen LogP contribution in [0.15, 0.2) is 36.4 Å². The third-order valence-corrected chi connectivity index (χ3v) is 4.60. The zero-order chi connectivity index (χ0) is 18.3. The number of phenols is 1. The summed E-state index contributed by atoms with van der Waals surface area (Å²) in [5, 5.41) is 9.68. The van der Waals surface area contributed by atoms with E-state index in [9.17, 15) is 5.11 Å². The van der Waals surface area contributed by atoms with Gasteiger partial charge in [0.05, 0.1) is 0 Å². The molecule has 24 heavy (non-hydrogen) atoms. The minimum Gasteiger partial charge on any atom is -0.508 e. The lowest BCUT2D eigenvalue weighted by atomic mass is 9.72. The average molecular weight is 325 g/mol. The van der Waals surface area contributed by atoms with Gasteiger partial charge < -0.3 is 5.11 Å². The fourth-order valence-corrected chi connectivity index (χ4v) is 3.12. The van der Waals surface area contributed by atoms with Crippen LogP contribution in [0.5, 0.6) is 5.75 Å². The Morgan fingerprint density at radius 2 is 1.17 bits per heavy atom. The first-order valence-corrected chi connectivity index (χ1v) is 8.89. The van der Waals surface area contributed by atoms with Gasteiger partial charge in [0, 0.05) is 0 Å². The van der Waals surface area contributed by atoms with Gasteiger partial charge in [0.15, 0.2) is 0 Å². The van der Waals surface area contributed by atoms with Crippen molar-refractivity contribution in [3.05, 3.63) is 53.1 Å². The summed E-state index contributed by atoms with van der Waals surface area (Å²) < 4.78 is 0. The molecule has 1 N–H and O–H groups in total. The van der Waals surface area contributed by atoms with Crippen LogP contribution in [0.1, 0.15) is 78.0 Å². The Bertz CT molecular complexity index is 672. The Balaban J connectivity index is 2.90. The van der Waals surface area contributed by atoms with Crippen molar-refractivity contribution in [2.45, 2.75) is 72.1 Å². The van der Waals surface area contributed by atoms with Crippen LogP contribution in [0.25, 0.3) is 11.1 Å². The lowest BCUT2D eigenvalue weighted by Gasteiger charge is -2.32. The van der Waals surface area contributed by atoms with E-state index in [1.165, 1.54) is 27.8 Å². The number of benzene rings is 2. The summed E-state index contributed by atoms with van der Waals surface area (Å²) in [7, 11) is 0. The van der Waals surface area contributed by atoms with E-state index in [0.717, 1.165) is 0 Å². The van der Waals surface area contributed by atoms with Crippen molar-refractivity contribution >= 4 is 0 Å². The number of hydrogen-bond donors (Lipinski definition) is 1. The van der Waals surface area contributed by atoms with E-state index in [4.69, 9.17) is 0 Å². The van der Waals surface area contributed by atoms with Gasteiger partial charge in [-0.1, -0.05) is 79.7 Å². The molecule has 0 saturated carbocycles. The molecule has 2 rings (SSSR count). The molecule has 0 unspecified atom stereocenters. The summed E-state index contributed by atoms with van der Waals surface area (Å²) in [4.78, 5) is 0. The largest absolute Gasteiger partial charge is 0.508 e. The van der Waals surface area contributed by atoms with E-state index in [1.54, 1.807) is 12.1 Å². The van der Waals surface area contributed by atoms with Gasteiger partial charge in [-0.2, -0.15) is 0 Å². The molecular formula is C23H32O. The molecule has 0 spiro atoms. The van der Waals surface area contributed by atoms with E-state index in [-0.39, 0.29) is 10.8 Å². The Labute approximate surface area is 147 Å². The third-order valence-electron chi connectivity index (χ3n) is 4.60. The summed E-state index contributed by atoms with van der Waals surface area (Å²) in [5.41, 5.74) is 6.76. The molecule has 0 heterocycles. The molecule has 0 radical (unpaired) electrons. The number of hydrogen-bond acceptors (Lipinski definition) is 1. The molecular weight excluding hydrogens is 292 g/mol. The highest BCUT2D eigenvalue weighted by molar-refractivity contribution is 5.75. The molecule has 0 aromatic heterocycles. The molecule has 0 aliphatic heterocycles. The second kappa shape index (κ2) is 6.27. The van der Waals surface area contributed by atoms with Gasteiger partial charge in [-0.05, 0) is 56.7 Å². The van der Waals surface area contributed by atoms with Crippen LogP contribution in [-0.2, 0) is 10.8 Å². The van der Waals surface area contributed by atoms with Crippen LogP contribution in [0.3, 0.4) is 0 Å². The maximum Gasteiger partial charge on any atom is 0.115 e. The Morgan fingerprint density at radius 1 is 0.750 bits per heavy atom. The monoisotopic (exact) mass is 324 g/mol. The predicted octanol–water partition coefficient (Wildman–Crippen LogP) is 6.78. The quantitative estimate of drug-likeness (QED) is 0.645. The lowest BCUT2D eigenvalue weighted by molar-refractivity contribution is 0.475. The minimum absolute atomic E-state index is 0.0537. The van der Waals surface area contributed by atoms with Crippen LogP contribution in [-0.4, -0.2) is 5.11 Å². The van der Waals surface area contributed by atoms with Crippen LogP contribution in [0.4, 0.5) is 0 Å². The number of aromatic hydroxyl groups is 1. The molecule has 2 aromatic rings. The van der Waals surface area contributed by atoms with Gasteiger partial charge in [-0.15, -0.1) is 0 Å². The van der Waals surface area contributed by atoms with Crippen molar-refractivity contribution in [1.82, 2.24) is 0 Å². The number of rotatable bonds is 2. The zero-order valence-electron chi connectivity index (χ0n) is 16.5. The molecule has 1 nitrogen and oxygen atoms in total. The van der Waals surface area contributed by atoms with Crippen molar-refractivity contribution in [1.29, 1.82) is 0 Å². The van der Waals surface area contributed by atoms with E-state index in [1.807, 2.05) is 12.1 Å². The zero-order valence-corrected chi connectivity index (χ0v) is 16.5. The lowest BCUT2D eigenvalue weighted by Crippen LogP contribution is -2.20. The van der Waals surface area contributed by atoms with Crippen molar-refractivity contribution in [3.63, 3.8) is 0 Å². The molecule has 0 aliphatic carbocycles. The summed E-state index contributed by atoms with van der Waals surface area (Å²) in [6.07, 6.45) is 0. The van der Waals surface area contributed by atoms with E-state index in [2.05, 4.69) is 67.5 Å². The molecule has 1 heteroatoms. The normalized spacial score (nSPS) is 12.7. The van der Waals surface area contributed by atoms with Crippen LogP contribution in [0, 0.1) is 0 Å². The Morgan fingerprint density at radius 3 is 1.50 bits per heavy atom. The molecule has 0 amide bonds. The van der Waals surface area contributed by atoms with Crippen LogP contribution < -0.4 is 0 Å². The van der Waals surface area contributed by atoms with Crippen molar-refractivity contribution in [3.8, 4) is 16.9 Å². The van der Waals surface area contributed by atoms with E-state index in [0.29, 0.717) is 11.7 Å². The van der Waals surface area contributed by atoms with Crippen molar-refractivity contribution in [2.75, 3.05) is 0 Å². The minimum atomic E-state index is 0.0537. The van der Waals surface area contributed by atoms with Gasteiger partial charge >= 0.3 is 0 Å². The third kappa shape index (κ3) is 3.83. The van der Waals surface area contributed by atoms with Crippen LogP contribution in [0.2, 0.25) is 0 Å². The summed E-state index contributed by atoms with van der Waals surface area (Å²) in [6.45, 7) is 18.2. The second-order valence-electron chi connectivity index (χ2n) is 9.19.